The summed E-state index contributed by atoms with van der Waals surface area (Å²) in [6.45, 7) is 5.36. The average molecular weight is 289 g/mol. The molecule has 4 heteroatoms. The Hall–Kier alpha value is -0.740. The summed E-state index contributed by atoms with van der Waals surface area (Å²) in [4.78, 5) is 0. The molecule has 0 atom stereocenters. The molecule has 3 nitrogen and oxygen atoms in total. The van der Waals surface area contributed by atoms with E-state index < -0.39 is 5.60 Å². The van der Waals surface area contributed by atoms with Gasteiger partial charge in [0.25, 0.3) is 0 Å². The van der Waals surface area contributed by atoms with Gasteiger partial charge in [0.05, 0.1) is 24.3 Å². The highest BCUT2D eigenvalue weighted by atomic mass is 79.9. The van der Waals surface area contributed by atoms with Gasteiger partial charge in [-0.2, -0.15) is 0 Å². The van der Waals surface area contributed by atoms with E-state index in [-0.39, 0.29) is 0 Å². The normalized spacial score (nSPS) is 11.4. The fourth-order valence-corrected chi connectivity index (χ4v) is 2.14. The van der Waals surface area contributed by atoms with E-state index in [0.717, 1.165) is 15.8 Å². The van der Waals surface area contributed by atoms with Crippen LogP contribution in [0.25, 0.3) is 0 Å². The highest BCUT2D eigenvalue weighted by Gasteiger charge is 2.25. The fourth-order valence-electron chi connectivity index (χ4n) is 1.57. The average Bonchev–Trinajstić information content (AvgIpc) is 2.20. The third-order valence-corrected chi connectivity index (χ3v) is 3.46. The summed E-state index contributed by atoms with van der Waals surface area (Å²) in [7, 11) is 3.19. The first-order valence-electron chi connectivity index (χ1n) is 4.96. The van der Waals surface area contributed by atoms with Crippen molar-refractivity contribution in [1.82, 2.24) is 0 Å². The van der Waals surface area contributed by atoms with E-state index in [0.29, 0.717) is 11.3 Å². The predicted molar refractivity (Wildman–Crippen MR) is 67.2 cm³/mol. The lowest BCUT2D eigenvalue weighted by molar-refractivity contribution is 0.0752. The first-order chi connectivity index (χ1) is 7.32. The Labute approximate surface area is 105 Å². The van der Waals surface area contributed by atoms with Gasteiger partial charge in [0.1, 0.15) is 11.5 Å². The summed E-state index contributed by atoms with van der Waals surface area (Å²) >= 11 is 3.46. The minimum absolute atomic E-state index is 0.644. The Balaban J connectivity index is 3.54. The zero-order chi connectivity index (χ0) is 12.5. The second kappa shape index (κ2) is 4.63. The van der Waals surface area contributed by atoms with E-state index in [1.165, 1.54) is 0 Å². The second-order valence-corrected chi connectivity index (χ2v) is 4.95. The summed E-state index contributed by atoms with van der Waals surface area (Å²) in [5.74, 6) is 1.37. The lowest BCUT2D eigenvalue weighted by atomic mass is 9.95. The maximum Gasteiger partial charge on any atom is 0.139 e. The molecule has 0 heterocycles. The predicted octanol–water partition coefficient (Wildman–Crippen LogP) is 3.00. The highest BCUT2D eigenvalue weighted by molar-refractivity contribution is 9.10. The van der Waals surface area contributed by atoms with Crippen molar-refractivity contribution in [3.8, 4) is 11.5 Å². The molecule has 0 bridgehead atoms. The lowest BCUT2D eigenvalue weighted by Crippen LogP contribution is -2.17. The van der Waals surface area contributed by atoms with Crippen LogP contribution in [0.2, 0.25) is 0 Å². The first-order valence-corrected chi connectivity index (χ1v) is 5.76. The fraction of sp³-hybridized carbons (Fsp3) is 0.500. The van der Waals surface area contributed by atoms with E-state index in [2.05, 4.69) is 15.9 Å². The highest BCUT2D eigenvalue weighted by Crippen LogP contribution is 2.42. The molecule has 0 radical (unpaired) electrons. The quantitative estimate of drug-likeness (QED) is 0.929. The van der Waals surface area contributed by atoms with Crippen LogP contribution in [0.4, 0.5) is 0 Å². The molecule has 90 valence electrons. The molecule has 16 heavy (non-hydrogen) atoms. The van der Waals surface area contributed by atoms with E-state index in [4.69, 9.17) is 9.47 Å². The van der Waals surface area contributed by atoms with Gasteiger partial charge in [-0.15, -0.1) is 0 Å². The third-order valence-electron chi connectivity index (χ3n) is 2.50. The number of hydrogen-bond acceptors (Lipinski definition) is 3. The van der Waals surface area contributed by atoms with Crippen molar-refractivity contribution in [2.45, 2.75) is 26.4 Å². The van der Waals surface area contributed by atoms with E-state index >= 15 is 0 Å². The minimum atomic E-state index is -0.977. The number of aliphatic hydroxyl groups is 1. The number of benzene rings is 1. The molecule has 0 saturated heterocycles. The van der Waals surface area contributed by atoms with Crippen LogP contribution in [-0.2, 0) is 5.60 Å². The van der Waals surface area contributed by atoms with Crippen LogP contribution in [-0.4, -0.2) is 19.3 Å². The molecule has 0 amide bonds. The Morgan fingerprint density at radius 3 is 2.19 bits per heavy atom. The molecule has 1 rings (SSSR count). The van der Waals surface area contributed by atoms with Gasteiger partial charge >= 0.3 is 0 Å². The van der Waals surface area contributed by atoms with Crippen molar-refractivity contribution in [3.63, 3.8) is 0 Å². The molecule has 1 N–H and O–H groups in total. The van der Waals surface area contributed by atoms with E-state index in [9.17, 15) is 5.11 Å². The molecule has 0 aliphatic rings. The maximum atomic E-state index is 10.1. The number of rotatable bonds is 3. The summed E-state index contributed by atoms with van der Waals surface area (Å²) in [5, 5.41) is 10.1. The minimum Gasteiger partial charge on any atom is -0.496 e. The summed E-state index contributed by atoms with van der Waals surface area (Å²) in [5.41, 5.74) is 0.672. The van der Waals surface area contributed by atoms with Crippen molar-refractivity contribution in [1.29, 1.82) is 0 Å². The molecular formula is C12H17BrO3. The van der Waals surface area contributed by atoms with Gasteiger partial charge in [-0.1, -0.05) is 0 Å². The van der Waals surface area contributed by atoms with Gasteiger partial charge < -0.3 is 14.6 Å². The molecule has 0 saturated carbocycles. The Morgan fingerprint density at radius 1 is 1.25 bits per heavy atom. The zero-order valence-corrected chi connectivity index (χ0v) is 11.8. The van der Waals surface area contributed by atoms with E-state index in [1.54, 1.807) is 34.1 Å². The summed E-state index contributed by atoms with van der Waals surface area (Å²) < 4.78 is 11.4. The third kappa shape index (κ3) is 2.33. The lowest BCUT2D eigenvalue weighted by Gasteiger charge is -2.23. The first kappa shape index (κ1) is 13.3. The summed E-state index contributed by atoms with van der Waals surface area (Å²) in [6.07, 6.45) is 0. The smallest absolute Gasteiger partial charge is 0.139 e. The molecule has 0 spiro atoms. The Bertz CT molecular complexity index is 394. The van der Waals surface area contributed by atoms with Crippen LogP contribution < -0.4 is 9.47 Å². The topological polar surface area (TPSA) is 38.7 Å². The van der Waals surface area contributed by atoms with Gasteiger partial charge in [0.2, 0.25) is 0 Å². The van der Waals surface area contributed by atoms with Crippen molar-refractivity contribution in [2.24, 2.45) is 0 Å². The van der Waals surface area contributed by atoms with Crippen molar-refractivity contribution < 1.29 is 14.6 Å². The molecule has 0 aromatic heterocycles. The molecule has 0 fully saturated rings. The number of hydrogen-bond donors (Lipinski definition) is 1. The molecular weight excluding hydrogens is 272 g/mol. The monoisotopic (exact) mass is 288 g/mol. The van der Waals surface area contributed by atoms with Gasteiger partial charge in [0.15, 0.2) is 0 Å². The Morgan fingerprint density at radius 2 is 1.81 bits per heavy atom. The van der Waals surface area contributed by atoms with Gasteiger partial charge in [-0.3, -0.25) is 0 Å². The van der Waals surface area contributed by atoms with Crippen LogP contribution in [0.1, 0.15) is 25.0 Å². The van der Waals surface area contributed by atoms with E-state index in [1.807, 2.05) is 6.92 Å². The van der Waals surface area contributed by atoms with Gasteiger partial charge in [-0.05, 0) is 42.8 Å². The maximum absolute atomic E-state index is 10.1. The van der Waals surface area contributed by atoms with Gasteiger partial charge in [0, 0.05) is 11.1 Å². The number of ether oxygens (including phenoxy) is 2. The van der Waals surface area contributed by atoms with Crippen molar-refractivity contribution in [3.05, 3.63) is 21.7 Å². The zero-order valence-electron chi connectivity index (χ0n) is 10.2. The summed E-state index contributed by atoms with van der Waals surface area (Å²) in [6, 6.07) is 1.80. The number of methoxy groups -OCH3 is 2. The van der Waals surface area contributed by atoms with Crippen LogP contribution in [0.3, 0.4) is 0 Å². The van der Waals surface area contributed by atoms with Crippen molar-refractivity contribution >= 4 is 15.9 Å². The SMILES string of the molecule is COc1cc(C(C)(C)O)c(OC)c(Br)c1C. The van der Waals surface area contributed by atoms with Crippen LogP contribution in [0.15, 0.2) is 10.5 Å². The molecule has 0 aliphatic heterocycles. The molecule has 0 unspecified atom stereocenters. The molecule has 1 aromatic rings. The van der Waals surface area contributed by atoms with Crippen LogP contribution >= 0.6 is 15.9 Å². The van der Waals surface area contributed by atoms with Crippen LogP contribution in [0, 0.1) is 6.92 Å². The van der Waals surface area contributed by atoms with Crippen LogP contribution in [0.5, 0.6) is 11.5 Å². The largest absolute Gasteiger partial charge is 0.496 e. The van der Waals surface area contributed by atoms with Gasteiger partial charge in [-0.25, -0.2) is 0 Å². The molecule has 1 aromatic carbocycles. The van der Waals surface area contributed by atoms with Crippen molar-refractivity contribution in [2.75, 3.05) is 14.2 Å². The number of halogens is 1. The second-order valence-electron chi connectivity index (χ2n) is 4.16. The Kier molecular flexibility index (Phi) is 3.86. The standard InChI is InChI=1S/C12H17BrO3/c1-7-9(15-4)6-8(12(2,3)14)11(16-5)10(7)13/h6,14H,1-5H3. The molecule has 0 aliphatic carbocycles.